The molecule has 0 spiro atoms. The fourth-order valence-electron chi connectivity index (χ4n) is 2.25. The molecule has 7 heteroatoms. The molecule has 0 atom stereocenters. The van der Waals surface area contributed by atoms with Gasteiger partial charge in [0.2, 0.25) is 0 Å². The van der Waals surface area contributed by atoms with Crippen LogP contribution in [0.1, 0.15) is 5.56 Å². The maximum atomic E-state index is 11.6. The fraction of sp³-hybridized carbons (Fsp3) is 0.294. The molecule has 0 bridgehead atoms. The van der Waals surface area contributed by atoms with Gasteiger partial charge < -0.3 is 14.8 Å². The van der Waals surface area contributed by atoms with Crippen molar-refractivity contribution in [2.24, 2.45) is 0 Å². The summed E-state index contributed by atoms with van der Waals surface area (Å²) in [6.07, 6.45) is 1.30. The van der Waals surface area contributed by atoms with E-state index in [4.69, 9.17) is 21.1 Å². The first-order chi connectivity index (χ1) is 11.4. The predicted octanol–water partition coefficient (Wildman–Crippen LogP) is 2.67. The second-order valence-corrected chi connectivity index (χ2v) is 8.15. The maximum absolute atomic E-state index is 11.6. The largest absolute Gasteiger partial charge is 0.485 e. The summed E-state index contributed by atoms with van der Waals surface area (Å²) in [6.45, 7) is 1.83. The van der Waals surface area contributed by atoms with Gasteiger partial charge in [0.05, 0.1) is 4.90 Å². The Hall–Kier alpha value is -1.76. The molecule has 0 aliphatic carbocycles. The van der Waals surface area contributed by atoms with Crippen molar-refractivity contribution in [2.75, 3.05) is 19.3 Å². The molecule has 3 rings (SSSR count). The number of hydrogen-bond acceptors (Lipinski definition) is 5. The maximum Gasteiger partial charge on any atom is 0.175 e. The van der Waals surface area contributed by atoms with Crippen LogP contribution in [-0.4, -0.2) is 33.9 Å². The summed E-state index contributed by atoms with van der Waals surface area (Å²) in [4.78, 5) is 0.275. The minimum atomic E-state index is -3.24. The molecule has 5 nitrogen and oxygen atoms in total. The molecule has 128 valence electrons. The second kappa shape index (κ2) is 7.01. The van der Waals surface area contributed by atoms with Crippen LogP contribution >= 0.6 is 11.6 Å². The predicted molar refractivity (Wildman–Crippen MR) is 92.6 cm³/mol. The van der Waals surface area contributed by atoms with E-state index in [2.05, 4.69) is 5.32 Å². The average molecular weight is 368 g/mol. The van der Waals surface area contributed by atoms with E-state index in [-0.39, 0.29) is 17.6 Å². The molecule has 0 radical (unpaired) electrons. The SMILES string of the molecule is CS(=O)(=O)c1cccc(COc2ccc(Cl)cc2OC2CNC2)c1. The van der Waals surface area contributed by atoms with E-state index in [1.165, 1.54) is 6.26 Å². The van der Waals surface area contributed by atoms with E-state index in [0.717, 1.165) is 18.7 Å². The Bertz CT molecular complexity index is 834. The van der Waals surface area contributed by atoms with Crippen LogP contribution in [0.15, 0.2) is 47.4 Å². The number of benzene rings is 2. The number of rotatable bonds is 6. The summed E-state index contributed by atoms with van der Waals surface area (Å²) >= 11 is 6.03. The minimum absolute atomic E-state index is 0.111. The summed E-state index contributed by atoms with van der Waals surface area (Å²) in [7, 11) is -3.24. The van der Waals surface area contributed by atoms with Gasteiger partial charge >= 0.3 is 0 Å². The van der Waals surface area contributed by atoms with E-state index in [9.17, 15) is 8.42 Å². The Morgan fingerprint density at radius 1 is 1.17 bits per heavy atom. The highest BCUT2D eigenvalue weighted by Crippen LogP contribution is 2.32. The molecule has 1 fully saturated rings. The molecule has 1 N–H and O–H groups in total. The summed E-state index contributed by atoms with van der Waals surface area (Å²) in [5, 5.41) is 3.71. The quantitative estimate of drug-likeness (QED) is 0.850. The third-order valence-corrected chi connectivity index (χ3v) is 5.01. The van der Waals surface area contributed by atoms with E-state index in [0.29, 0.717) is 16.5 Å². The number of nitrogens with one attached hydrogen (secondary N) is 1. The molecule has 0 amide bonds. The van der Waals surface area contributed by atoms with Crippen LogP contribution in [0.25, 0.3) is 0 Å². The fourth-order valence-corrected chi connectivity index (χ4v) is 3.10. The van der Waals surface area contributed by atoms with Crippen molar-refractivity contribution in [3.8, 4) is 11.5 Å². The first-order valence-electron chi connectivity index (χ1n) is 7.50. The van der Waals surface area contributed by atoms with E-state index in [1.54, 1.807) is 36.4 Å². The second-order valence-electron chi connectivity index (χ2n) is 5.70. The van der Waals surface area contributed by atoms with Gasteiger partial charge in [0.15, 0.2) is 21.3 Å². The number of hydrogen-bond donors (Lipinski definition) is 1. The third-order valence-electron chi connectivity index (χ3n) is 3.66. The highest BCUT2D eigenvalue weighted by molar-refractivity contribution is 7.90. The van der Waals surface area contributed by atoms with Gasteiger partial charge in [-0.2, -0.15) is 0 Å². The number of sulfone groups is 1. The first-order valence-corrected chi connectivity index (χ1v) is 9.77. The van der Waals surface area contributed by atoms with Crippen LogP contribution in [0.4, 0.5) is 0 Å². The van der Waals surface area contributed by atoms with Gasteiger partial charge in [-0.3, -0.25) is 0 Å². The summed E-state index contributed by atoms with van der Waals surface area (Å²) < 4.78 is 34.9. The molecule has 1 aliphatic rings. The lowest BCUT2D eigenvalue weighted by Crippen LogP contribution is -2.50. The van der Waals surface area contributed by atoms with Crippen molar-refractivity contribution in [1.29, 1.82) is 0 Å². The number of halogens is 1. The standard InChI is InChI=1S/C17H18ClNO4S/c1-24(20,21)15-4-2-3-12(7-15)11-22-16-6-5-13(18)8-17(16)23-14-9-19-10-14/h2-8,14,19H,9-11H2,1H3. The monoisotopic (exact) mass is 367 g/mol. The van der Waals surface area contributed by atoms with Gasteiger partial charge in [-0.25, -0.2) is 8.42 Å². The molecule has 0 unspecified atom stereocenters. The summed E-state index contributed by atoms with van der Waals surface area (Å²) in [5.41, 5.74) is 0.768. The van der Waals surface area contributed by atoms with Crippen molar-refractivity contribution in [2.45, 2.75) is 17.6 Å². The zero-order valence-electron chi connectivity index (χ0n) is 13.2. The topological polar surface area (TPSA) is 64.6 Å². The molecule has 1 heterocycles. The van der Waals surface area contributed by atoms with Gasteiger partial charge in [0.1, 0.15) is 12.7 Å². The Morgan fingerprint density at radius 3 is 2.62 bits per heavy atom. The normalized spacial score (nSPS) is 14.9. The van der Waals surface area contributed by atoms with Crippen molar-refractivity contribution in [3.05, 3.63) is 53.1 Å². The van der Waals surface area contributed by atoms with E-state index < -0.39 is 9.84 Å². The van der Waals surface area contributed by atoms with Gasteiger partial charge in [0.25, 0.3) is 0 Å². The van der Waals surface area contributed by atoms with Crippen LogP contribution in [-0.2, 0) is 16.4 Å². The van der Waals surface area contributed by atoms with Crippen molar-refractivity contribution in [1.82, 2.24) is 5.32 Å². The highest BCUT2D eigenvalue weighted by atomic mass is 35.5. The van der Waals surface area contributed by atoms with Crippen LogP contribution < -0.4 is 14.8 Å². The highest BCUT2D eigenvalue weighted by Gasteiger charge is 2.20. The van der Waals surface area contributed by atoms with E-state index >= 15 is 0 Å². The van der Waals surface area contributed by atoms with Gasteiger partial charge in [0, 0.05) is 30.4 Å². The summed E-state index contributed by atoms with van der Waals surface area (Å²) in [6, 6.07) is 11.9. The van der Waals surface area contributed by atoms with Crippen LogP contribution in [0.3, 0.4) is 0 Å². The smallest absolute Gasteiger partial charge is 0.175 e. The lowest BCUT2D eigenvalue weighted by molar-refractivity contribution is 0.134. The van der Waals surface area contributed by atoms with Crippen molar-refractivity contribution < 1.29 is 17.9 Å². The van der Waals surface area contributed by atoms with Crippen LogP contribution in [0.5, 0.6) is 11.5 Å². The molecule has 1 saturated heterocycles. The Morgan fingerprint density at radius 2 is 1.96 bits per heavy atom. The Balaban J connectivity index is 1.74. The molecule has 1 aliphatic heterocycles. The molecule has 0 aromatic heterocycles. The van der Waals surface area contributed by atoms with Crippen molar-refractivity contribution in [3.63, 3.8) is 0 Å². The molecule has 2 aromatic carbocycles. The van der Waals surface area contributed by atoms with Crippen LogP contribution in [0, 0.1) is 0 Å². The lowest BCUT2D eigenvalue weighted by atomic mass is 10.2. The Kier molecular flexibility index (Phi) is 4.99. The number of ether oxygens (including phenoxy) is 2. The Labute approximate surface area is 146 Å². The van der Waals surface area contributed by atoms with Gasteiger partial charge in [-0.1, -0.05) is 23.7 Å². The van der Waals surface area contributed by atoms with Crippen LogP contribution in [0.2, 0.25) is 5.02 Å². The van der Waals surface area contributed by atoms with E-state index in [1.807, 2.05) is 6.07 Å². The summed E-state index contributed by atoms with van der Waals surface area (Å²) in [5.74, 6) is 1.17. The molecule has 24 heavy (non-hydrogen) atoms. The zero-order chi connectivity index (χ0) is 17.2. The third kappa shape index (κ3) is 4.20. The van der Waals surface area contributed by atoms with Gasteiger partial charge in [-0.15, -0.1) is 0 Å². The average Bonchev–Trinajstić information content (AvgIpc) is 2.49. The zero-order valence-corrected chi connectivity index (χ0v) is 14.7. The molecular formula is C17H18ClNO4S. The lowest BCUT2D eigenvalue weighted by Gasteiger charge is -2.28. The first kappa shape index (κ1) is 17.1. The molecular weight excluding hydrogens is 350 g/mol. The molecule has 2 aromatic rings. The van der Waals surface area contributed by atoms with Gasteiger partial charge in [-0.05, 0) is 29.8 Å². The molecule has 0 saturated carbocycles. The minimum Gasteiger partial charge on any atom is -0.485 e. The van der Waals surface area contributed by atoms with Crippen molar-refractivity contribution >= 4 is 21.4 Å².